The van der Waals surface area contributed by atoms with Crippen molar-refractivity contribution in [1.29, 1.82) is 5.26 Å². The van der Waals surface area contributed by atoms with E-state index in [1.807, 2.05) is 0 Å². The van der Waals surface area contributed by atoms with E-state index in [1.165, 1.54) is 0 Å². The highest BCUT2D eigenvalue weighted by Gasteiger charge is 2.33. The van der Waals surface area contributed by atoms with E-state index in [4.69, 9.17) is 16.9 Å². The number of anilines is 1. The van der Waals surface area contributed by atoms with Crippen LogP contribution in [0.2, 0.25) is 5.02 Å². The summed E-state index contributed by atoms with van der Waals surface area (Å²) in [7, 11) is 0. The van der Waals surface area contributed by atoms with Crippen molar-refractivity contribution >= 4 is 23.3 Å². The zero-order valence-electron chi connectivity index (χ0n) is 11.3. The number of rotatable bonds is 3. The number of hydrogen-bond donors (Lipinski definition) is 1. The van der Waals surface area contributed by atoms with Gasteiger partial charge in [-0.15, -0.1) is 0 Å². The van der Waals surface area contributed by atoms with Crippen molar-refractivity contribution < 1.29 is 18.0 Å². The number of nitrogens with zero attached hydrogens (tertiary/aromatic N) is 3. The van der Waals surface area contributed by atoms with Gasteiger partial charge < -0.3 is 10.2 Å². The molecule has 0 bridgehead atoms. The third kappa shape index (κ3) is 3.80. The Morgan fingerprint density at radius 2 is 2.32 bits per heavy atom. The Bertz CT molecular complexity index is 614. The predicted molar refractivity (Wildman–Crippen MR) is 73.2 cm³/mol. The largest absolute Gasteiger partial charge is 0.417 e. The summed E-state index contributed by atoms with van der Waals surface area (Å²) in [6.07, 6.45) is -3.37. The first-order chi connectivity index (χ1) is 10.3. The fourth-order valence-corrected chi connectivity index (χ4v) is 2.53. The summed E-state index contributed by atoms with van der Waals surface area (Å²) in [6, 6.07) is 2.41. The Kier molecular flexibility index (Phi) is 4.76. The van der Waals surface area contributed by atoms with Crippen LogP contribution < -0.4 is 10.2 Å². The van der Waals surface area contributed by atoms with Crippen molar-refractivity contribution in [2.45, 2.75) is 25.1 Å². The Labute approximate surface area is 129 Å². The smallest absolute Gasteiger partial charge is 0.353 e. The zero-order valence-corrected chi connectivity index (χ0v) is 12.1. The Balaban J connectivity index is 2.05. The van der Waals surface area contributed by atoms with Crippen molar-refractivity contribution in [3.8, 4) is 6.07 Å². The van der Waals surface area contributed by atoms with Crippen LogP contribution in [0.15, 0.2) is 12.3 Å². The van der Waals surface area contributed by atoms with Crippen LogP contribution in [0.4, 0.5) is 19.0 Å². The quantitative estimate of drug-likeness (QED) is 0.922. The molecular formula is C13H12ClF3N4O. The number of nitrogens with one attached hydrogen (secondary N) is 1. The third-order valence-electron chi connectivity index (χ3n) is 3.24. The van der Waals surface area contributed by atoms with Crippen LogP contribution in [0, 0.1) is 11.3 Å². The maximum Gasteiger partial charge on any atom is 0.417 e. The van der Waals surface area contributed by atoms with E-state index in [9.17, 15) is 18.0 Å². The molecule has 0 saturated carbocycles. The van der Waals surface area contributed by atoms with Crippen molar-refractivity contribution in [1.82, 2.24) is 10.3 Å². The molecule has 1 aromatic heterocycles. The number of nitriles is 1. The molecular weight excluding hydrogens is 321 g/mol. The van der Waals surface area contributed by atoms with Crippen molar-refractivity contribution in [3.63, 3.8) is 0 Å². The molecule has 22 heavy (non-hydrogen) atoms. The molecule has 1 aliphatic heterocycles. The van der Waals surface area contributed by atoms with Gasteiger partial charge in [-0.3, -0.25) is 4.79 Å². The number of hydrogen-bond acceptors (Lipinski definition) is 4. The minimum absolute atomic E-state index is 0.0844. The number of alkyl halides is 3. The second-order valence-electron chi connectivity index (χ2n) is 4.86. The number of halogens is 4. The summed E-state index contributed by atoms with van der Waals surface area (Å²) in [5, 5.41) is 11.0. The Morgan fingerprint density at radius 3 is 2.91 bits per heavy atom. The average Bonchev–Trinajstić information content (AvgIpc) is 2.86. The standard InChI is InChI=1S/C13H12ClF3N4O/c14-10-5-8(13(15,16)17)6-19-12(10)21-4-2-9(7-21)20-11(22)1-3-18/h5-6,9H,1-2,4,7H2,(H,20,22)/t9-/m1/s1. The molecule has 0 unspecified atom stereocenters. The lowest BCUT2D eigenvalue weighted by atomic mass is 10.2. The topological polar surface area (TPSA) is 69.0 Å². The minimum Gasteiger partial charge on any atom is -0.353 e. The van der Waals surface area contributed by atoms with Gasteiger partial charge in [-0.1, -0.05) is 11.6 Å². The number of carbonyl (C=O) groups excluding carboxylic acids is 1. The summed E-state index contributed by atoms with van der Waals surface area (Å²) in [5.41, 5.74) is -0.903. The molecule has 0 radical (unpaired) electrons. The molecule has 0 aliphatic carbocycles. The van der Waals surface area contributed by atoms with Crippen LogP contribution in [0.1, 0.15) is 18.4 Å². The first-order valence-corrected chi connectivity index (χ1v) is 6.83. The molecule has 1 atom stereocenters. The molecule has 1 N–H and O–H groups in total. The molecule has 2 heterocycles. The fraction of sp³-hybridized carbons (Fsp3) is 0.462. The van der Waals surface area contributed by atoms with Gasteiger partial charge in [0.15, 0.2) is 0 Å². The summed E-state index contributed by atoms with van der Waals surface area (Å²) in [5.74, 6) is -0.118. The first kappa shape index (κ1) is 16.4. The fourth-order valence-electron chi connectivity index (χ4n) is 2.24. The lowest BCUT2D eigenvalue weighted by Gasteiger charge is -2.19. The van der Waals surface area contributed by atoms with E-state index in [0.29, 0.717) is 19.5 Å². The van der Waals surface area contributed by atoms with Crippen LogP contribution in [0.3, 0.4) is 0 Å². The average molecular weight is 333 g/mol. The molecule has 2 rings (SSSR count). The van der Waals surface area contributed by atoms with E-state index >= 15 is 0 Å². The number of pyridine rings is 1. The van der Waals surface area contributed by atoms with Gasteiger partial charge in [0, 0.05) is 25.3 Å². The van der Waals surface area contributed by atoms with Crippen LogP contribution in [-0.4, -0.2) is 30.0 Å². The molecule has 1 amide bonds. The van der Waals surface area contributed by atoms with Gasteiger partial charge in [-0.25, -0.2) is 4.98 Å². The van der Waals surface area contributed by atoms with Crippen molar-refractivity contribution in [2.24, 2.45) is 0 Å². The molecule has 1 aliphatic rings. The molecule has 5 nitrogen and oxygen atoms in total. The van der Waals surface area contributed by atoms with E-state index in [0.717, 1.165) is 12.3 Å². The summed E-state index contributed by atoms with van der Waals surface area (Å²) in [4.78, 5) is 16.8. The molecule has 118 valence electrons. The number of amides is 1. The van der Waals surface area contributed by atoms with Gasteiger partial charge in [0.25, 0.3) is 0 Å². The van der Waals surface area contributed by atoms with E-state index in [2.05, 4.69) is 10.3 Å². The summed E-state index contributed by atoms with van der Waals surface area (Å²) < 4.78 is 37.7. The molecule has 0 aromatic carbocycles. The van der Waals surface area contributed by atoms with Gasteiger partial charge >= 0.3 is 6.18 Å². The van der Waals surface area contributed by atoms with Crippen LogP contribution >= 0.6 is 11.6 Å². The first-order valence-electron chi connectivity index (χ1n) is 6.45. The third-order valence-corrected chi connectivity index (χ3v) is 3.52. The van der Waals surface area contributed by atoms with Crippen LogP contribution in [0.5, 0.6) is 0 Å². The van der Waals surface area contributed by atoms with E-state index in [-0.39, 0.29) is 29.2 Å². The van der Waals surface area contributed by atoms with Crippen LogP contribution in [-0.2, 0) is 11.0 Å². The van der Waals surface area contributed by atoms with E-state index in [1.54, 1.807) is 11.0 Å². The van der Waals surface area contributed by atoms with Gasteiger partial charge in [0.2, 0.25) is 5.91 Å². The van der Waals surface area contributed by atoms with Gasteiger partial charge in [-0.05, 0) is 12.5 Å². The zero-order chi connectivity index (χ0) is 16.3. The normalized spacial score (nSPS) is 18.1. The number of aromatic nitrogens is 1. The highest BCUT2D eigenvalue weighted by molar-refractivity contribution is 6.33. The molecule has 9 heteroatoms. The highest BCUT2D eigenvalue weighted by Crippen LogP contribution is 2.34. The second kappa shape index (κ2) is 6.40. The SMILES string of the molecule is N#CCC(=O)N[C@@H]1CCN(c2ncc(C(F)(F)F)cc2Cl)C1. The maximum absolute atomic E-state index is 12.6. The van der Waals surface area contributed by atoms with Crippen molar-refractivity contribution in [2.75, 3.05) is 18.0 Å². The van der Waals surface area contributed by atoms with Crippen LogP contribution in [0.25, 0.3) is 0 Å². The van der Waals surface area contributed by atoms with Gasteiger partial charge in [0.05, 0.1) is 16.7 Å². The van der Waals surface area contributed by atoms with Gasteiger partial charge in [0.1, 0.15) is 12.2 Å². The predicted octanol–water partition coefficient (Wildman–Crippen LogP) is 2.36. The summed E-state index contributed by atoms with van der Waals surface area (Å²) in [6.45, 7) is 0.894. The lowest BCUT2D eigenvalue weighted by molar-refractivity contribution is -0.137. The van der Waals surface area contributed by atoms with E-state index < -0.39 is 11.7 Å². The second-order valence-corrected chi connectivity index (χ2v) is 5.27. The van der Waals surface area contributed by atoms with Crippen molar-refractivity contribution in [3.05, 3.63) is 22.8 Å². The number of carbonyl (C=O) groups is 1. The molecule has 1 fully saturated rings. The monoisotopic (exact) mass is 332 g/mol. The molecule has 0 spiro atoms. The molecule has 1 saturated heterocycles. The summed E-state index contributed by atoms with van der Waals surface area (Å²) >= 11 is 5.88. The Morgan fingerprint density at radius 1 is 1.59 bits per heavy atom. The maximum atomic E-state index is 12.6. The van der Waals surface area contributed by atoms with Gasteiger partial charge in [-0.2, -0.15) is 18.4 Å². The Hall–Kier alpha value is -2.01. The molecule has 1 aromatic rings. The highest BCUT2D eigenvalue weighted by atomic mass is 35.5. The lowest BCUT2D eigenvalue weighted by Crippen LogP contribution is -2.37. The minimum atomic E-state index is -4.49.